The van der Waals surface area contributed by atoms with E-state index >= 15 is 0 Å². The summed E-state index contributed by atoms with van der Waals surface area (Å²) >= 11 is 0. The van der Waals surface area contributed by atoms with Crippen LogP contribution in [0.5, 0.6) is 0 Å². The van der Waals surface area contributed by atoms with E-state index in [1.54, 1.807) is 0 Å². The second-order valence-electron chi connectivity index (χ2n) is 11.7. The maximum atomic E-state index is 11.9. The van der Waals surface area contributed by atoms with Gasteiger partial charge in [0.05, 0.1) is 12.2 Å². The Kier molecular flexibility index (Phi) is 10.6. The highest BCUT2D eigenvalue weighted by atomic mass is 16.5. The molecule has 0 aliphatic heterocycles. The van der Waals surface area contributed by atoms with Gasteiger partial charge in [-0.25, -0.2) is 4.79 Å². The van der Waals surface area contributed by atoms with E-state index in [-0.39, 0.29) is 18.3 Å². The van der Waals surface area contributed by atoms with Crippen LogP contribution in [0, 0.1) is 5.92 Å². The van der Waals surface area contributed by atoms with Crippen LogP contribution in [0.3, 0.4) is 0 Å². The Morgan fingerprint density at radius 1 is 0.868 bits per heavy atom. The van der Waals surface area contributed by atoms with E-state index in [1.165, 1.54) is 79.2 Å². The summed E-state index contributed by atoms with van der Waals surface area (Å²) in [5.74, 6) is 1.73. The first-order chi connectivity index (χ1) is 18.5. The molecule has 1 N–H and O–H groups in total. The molecule has 0 aromatic heterocycles. The predicted molar refractivity (Wildman–Crippen MR) is 157 cm³/mol. The normalized spacial score (nSPS) is 23.7. The molecule has 3 heteroatoms. The van der Waals surface area contributed by atoms with Crippen LogP contribution in [0.1, 0.15) is 119 Å². The molecular formula is C35H48O3. The molecule has 2 fully saturated rings. The van der Waals surface area contributed by atoms with Gasteiger partial charge in [-0.2, -0.15) is 0 Å². The quantitative estimate of drug-likeness (QED) is 0.184. The summed E-state index contributed by atoms with van der Waals surface area (Å²) in [6, 6.07) is 16.5. The summed E-state index contributed by atoms with van der Waals surface area (Å²) in [6.45, 7) is 7.78. The monoisotopic (exact) mass is 516 g/mol. The standard InChI is InChI=1S/C35H48O3/c1-4-6-7-8-26-9-11-28(12-10-26)29-13-15-31(16-14-29)34-22-19-32(23-27(34)5-2)30-17-20-33(21-18-30)38-35(37)25(3)24-36/h13-16,19,22-23,26,28,30,33,36H,3-12,17-18,20-21,24H2,1-2H3. The molecule has 2 aliphatic rings. The number of hydrogen-bond acceptors (Lipinski definition) is 3. The molecule has 38 heavy (non-hydrogen) atoms. The van der Waals surface area contributed by atoms with E-state index in [1.807, 2.05) is 0 Å². The zero-order valence-corrected chi connectivity index (χ0v) is 23.7. The number of aliphatic hydroxyl groups is 1. The molecule has 2 aliphatic carbocycles. The third kappa shape index (κ3) is 7.38. The summed E-state index contributed by atoms with van der Waals surface area (Å²) in [4.78, 5) is 11.9. The van der Waals surface area contributed by atoms with Crippen LogP contribution >= 0.6 is 0 Å². The largest absolute Gasteiger partial charge is 0.459 e. The molecule has 0 unspecified atom stereocenters. The van der Waals surface area contributed by atoms with Crippen molar-refractivity contribution in [1.29, 1.82) is 0 Å². The number of esters is 1. The van der Waals surface area contributed by atoms with E-state index in [2.05, 4.69) is 62.9 Å². The van der Waals surface area contributed by atoms with Gasteiger partial charge < -0.3 is 9.84 Å². The van der Waals surface area contributed by atoms with Crippen molar-refractivity contribution in [3.63, 3.8) is 0 Å². The lowest BCUT2D eigenvalue weighted by atomic mass is 9.77. The molecule has 0 saturated heterocycles. The Hall–Kier alpha value is -2.39. The van der Waals surface area contributed by atoms with Crippen molar-refractivity contribution in [1.82, 2.24) is 0 Å². The maximum absolute atomic E-state index is 11.9. The molecular weight excluding hydrogens is 468 g/mol. The molecule has 0 atom stereocenters. The summed E-state index contributed by atoms with van der Waals surface area (Å²) in [6.07, 6.45) is 15.8. The third-order valence-electron chi connectivity index (χ3n) is 9.16. The maximum Gasteiger partial charge on any atom is 0.336 e. The Bertz CT molecular complexity index is 1040. The summed E-state index contributed by atoms with van der Waals surface area (Å²) in [7, 11) is 0. The van der Waals surface area contributed by atoms with Crippen LogP contribution in [-0.2, 0) is 16.0 Å². The lowest BCUT2D eigenvalue weighted by Crippen LogP contribution is -2.25. The number of rotatable bonds is 11. The average molecular weight is 517 g/mol. The Balaban J connectivity index is 1.34. The zero-order valence-electron chi connectivity index (χ0n) is 23.7. The number of aryl methyl sites for hydroxylation is 1. The molecule has 206 valence electrons. The summed E-state index contributed by atoms with van der Waals surface area (Å²) < 4.78 is 5.53. The van der Waals surface area contributed by atoms with Crippen LogP contribution in [0.2, 0.25) is 0 Å². The van der Waals surface area contributed by atoms with E-state index in [9.17, 15) is 4.79 Å². The minimum absolute atomic E-state index is 0.0680. The Morgan fingerprint density at radius 2 is 1.50 bits per heavy atom. The number of hydrogen-bond donors (Lipinski definition) is 1. The van der Waals surface area contributed by atoms with Gasteiger partial charge in [0.2, 0.25) is 0 Å². The number of carbonyl (C=O) groups is 1. The highest BCUT2D eigenvalue weighted by Crippen LogP contribution is 2.39. The lowest BCUT2D eigenvalue weighted by Gasteiger charge is -2.29. The number of unbranched alkanes of at least 4 members (excludes halogenated alkanes) is 2. The molecule has 2 aromatic rings. The molecule has 0 radical (unpaired) electrons. The van der Waals surface area contributed by atoms with Crippen LogP contribution in [0.15, 0.2) is 54.6 Å². The Labute approximate surface area is 230 Å². The van der Waals surface area contributed by atoms with E-state index < -0.39 is 5.97 Å². The van der Waals surface area contributed by atoms with Crippen LogP contribution in [-0.4, -0.2) is 23.8 Å². The molecule has 4 rings (SSSR count). The minimum atomic E-state index is -0.463. The average Bonchev–Trinajstić information content (AvgIpc) is 2.97. The molecule has 2 saturated carbocycles. The van der Waals surface area contributed by atoms with E-state index in [4.69, 9.17) is 9.84 Å². The van der Waals surface area contributed by atoms with Crippen molar-refractivity contribution in [2.45, 2.75) is 115 Å². The van der Waals surface area contributed by atoms with Crippen molar-refractivity contribution in [3.8, 4) is 11.1 Å². The smallest absolute Gasteiger partial charge is 0.336 e. The SMILES string of the molecule is C=C(CO)C(=O)OC1CCC(c2ccc(-c3ccc(C4CCC(CCCCC)CC4)cc3)c(CC)c2)CC1. The van der Waals surface area contributed by atoms with Gasteiger partial charge in [0.25, 0.3) is 0 Å². The van der Waals surface area contributed by atoms with Gasteiger partial charge in [-0.15, -0.1) is 0 Å². The lowest BCUT2D eigenvalue weighted by molar-refractivity contribution is -0.146. The number of carbonyl (C=O) groups excluding carboxylic acids is 1. The van der Waals surface area contributed by atoms with Gasteiger partial charge in [-0.1, -0.05) is 88.6 Å². The second kappa shape index (κ2) is 14.1. The number of aliphatic hydroxyl groups excluding tert-OH is 1. The Morgan fingerprint density at radius 3 is 2.13 bits per heavy atom. The van der Waals surface area contributed by atoms with Gasteiger partial charge in [0, 0.05) is 0 Å². The first-order valence-corrected chi connectivity index (χ1v) is 15.2. The fourth-order valence-corrected chi connectivity index (χ4v) is 6.66. The van der Waals surface area contributed by atoms with Gasteiger partial charge >= 0.3 is 5.97 Å². The molecule has 2 aromatic carbocycles. The number of ether oxygens (including phenoxy) is 1. The van der Waals surface area contributed by atoms with Crippen molar-refractivity contribution < 1.29 is 14.6 Å². The minimum Gasteiger partial charge on any atom is -0.459 e. The third-order valence-corrected chi connectivity index (χ3v) is 9.16. The van der Waals surface area contributed by atoms with Gasteiger partial charge in [-0.05, 0) is 103 Å². The molecule has 0 spiro atoms. The topological polar surface area (TPSA) is 46.5 Å². The van der Waals surface area contributed by atoms with E-state index in [0.29, 0.717) is 5.92 Å². The van der Waals surface area contributed by atoms with Gasteiger partial charge in [-0.3, -0.25) is 0 Å². The zero-order chi connectivity index (χ0) is 26.9. The second-order valence-corrected chi connectivity index (χ2v) is 11.7. The first-order valence-electron chi connectivity index (χ1n) is 15.2. The highest BCUT2D eigenvalue weighted by molar-refractivity contribution is 5.88. The van der Waals surface area contributed by atoms with Crippen molar-refractivity contribution >= 4 is 5.97 Å². The van der Waals surface area contributed by atoms with Gasteiger partial charge in [0.1, 0.15) is 6.10 Å². The predicted octanol–water partition coefficient (Wildman–Crippen LogP) is 8.89. The highest BCUT2D eigenvalue weighted by Gasteiger charge is 2.26. The van der Waals surface area contributed by atoms with Crippen LogP contribution in [0.4, 0.5) is 0 Å². The fraction of sp³-hybridized carbons (Fsp3) is 0.571. The molecule has 0 bridgehead atoms. The molecule has 0 heterocycles. The summed E-state index contributed by atoms with van der Waals surface area (Å²) in [5, 5.41) is 9.09. The van der Waals surface area contributed by atoms with Crippen LogP contribution in [0.25, 0.3) is 11.1 Å². The molecule has 3 nitrogen and oxygen atoms in total. The number of benzene rings is 2. The van der Waals surface area contributed by atoms with E-state index in [0.717, 1.165) is 43.9 Å². The van der Waals surface area contributed by atoms with Crippen molar-refractivity contribution in [3.05, 3.63) is 71.3 Å². The molecule has 0 amide bonds. The van der Waals surface area contributed by atoms with Crippen molar-refractivity contribution in [2.75, 3.05) is 6.61 Å². The van der Waals surface area contributed by atoms with Crippen molar-refractivity contribution in [2.24, 2.45) is 5.92 Å². The first kappa shape index (κ1) is 28.6. The van der Waals surface area contributed by atoms with Gasteiger partial charge in [0.15, 0.2) is 0 Å². The fourth-order valence-electron chi connectivity index (χ4n) is 6.66. The van der Waals surface area contributed by atoms with Crippen LogP contribution < -0.4 is 0 Å². The summed E-state index contributed by atoms with van der Waals surface area (Å²) in [5.41, 5.74) is 7.15.